The average molecular weight is 293 g/mol. The van der Waals surface area contributed by atoms with Gasteiger partial charge in [0.2, 0.25) is 0 Å². The van der Waals surface area contributed by atoms with Crippen LogP contribution in [0.25, 0.3) is 0 Å². The number of nitrogens with zero attached hydrogens (tertiary/aromatic N) is 2. The largest absolute Gasteiger partial charge is 0.352 e. The van der Waals surface area contributed by atoms with Crippen LogP contribution in [-0.2, 0) is 6.42 Å². The third kappa shape index (κ3) is 3.27. The van der Waals surface area contributed by atoms with E-state index in [2.05, 4.69) is 25.3 Å². The second-order valence-electron chi connectivity index (χ2n) is 4.13. The van der Waals surface area contributed by atoms with Crippen LogP contribution in [0.4, 0.5) is 0 Å². The minimum atomic E-state index is -0.444. The highest BCUT2D eigenvalue weighted by Gasteiger charge is 2.16. The van der Waals surface area contributed by atoms with E-state index < -0.39 is 5.69 Å². The molecule has 7 nitrogen and oxygen atoms in total. The minimum Gasteiger partial charge on any atom is -0.352 e. The van der Waals surface area contributed by atoms with Crippen LogP contribution in [0.1, 0.15) is 21.7 Å². The van der Waals surface area contributed by atoms with Gasteiger partial charge in [0.15, 0.2) is 0 Å². The van der Waals surface area contributed by atoms with E-state index in [-0.39, 0.29) is 5.91 Å². The number of hydrogen-bond donors (Lipinski definition) is 3. The van der Waals surface area contributed by atoms with Crippen molar-refractivity contribution in [2.45, 2.75) is 18.4 Å². The van der Waals surface area contributed by atoms with E-state index in [1.807, 2.05) is 0 Å². The van der Waals surface area contributed by atoms with Crippen molar-refractivity contribution in [3.63, 3.8) is 0 Å². The molecular formula is C12H15N5O2S. The van der Waals surface area contributed by atoms with Crippen molar-refractivity contribution in [2.75, 3.05) is 12.8 Å². The number of carbonyl (C=O) groups excluding carboxylic acids is 1. The summed E-state index contributed by atoms with van der Waals surface area (Å²) in [6.45, 7) is 2.17. The van der Waals surface area contributed by atoms with E-state index in [4.69, 9.17) is 0 Å². The van der Waals surface area contributed by atoms with Gasteiger partial charge in [-0.05, 0) is 13.2 Å². The molecule has 0 unspecified atom stereocenters. The molecule has 0 fully saturated rings. The quantitative estimate of drug-likeness (QED) is 0.550. The fourth-order valence-electron chi connectivity index (χ4n) is 1.79. The number of aromatic nitrogens is 4. The molecule has 0 saturated heterocycles. The van der Waals surface area contributed by atoms with E-state index in [1.165, 1.54) is 11.8 Å². The normalized spacial score (nSPS) is 10.5. The van der Waals surface area contributed by atoms with Gasteiger partial charge in [0, 0.05) is 30.6 Å². The Kier molecular flexibility index (Phi) is 4.57. The highest BCUT2D eigenvalue weighted by atomic mass is 32.2. The fraction of sp³-hybridized carbons (Fsp3) is 0.333. The molecule has 0 aliphatic heterocycles. The van der Waals surface area contributed by atoms with Gasteiger partial charge in [0.1, 0.15) is 5.03 Å². The summed E-state index contributed by atoms with van der Waals surface area (Å²) in [5.41, 5.74) is 1.45. The van der Waals surface area contributed by atoms with Crippen LogP contribution in [0, 0.1) is 6.92 Å². The second-order valence-corrected chi connectivity index (χ2v) is 4.93. The predicted octanol–water partition coefficient (Wildman–Crippen LogP) is 0.496. The zero-order chi connectivity index (χ0) is 14.5. The van der Waals surface area contributed by atoms with E-state index in [9.17, 15) is 9.59 Å². The Morgan fingerprint density at radius 2 is 2.30 bits per heavy atom. The molecule has 0 saturated carbocycles. The molecule has 0 aliphatic rings. The highest BCUT2D eigenvalue weighted by Crippen LogP contribution is 2.17. The molecule has 1 amide bonds. The van der Waals surface area contributed by atoms with Crippen molar-refractivity contribution in [2.24, 2.45) is 0 Å². The molecular weight excluding hydrogens is 278 g/mol. The molecule has 2 rings (SSSR count). The maximum Gasteiger partial charge on any atom is 0.346 e. The van der Waals surface area contributed by atoms with Gasteiger partial charge >= 0.3 is 5.69 Å². The molecule has 0 radical (unpaired) electrons. The van der Waals surface area contributed by atoms with Crippen molar-refractivity contribution < 1.29 is 4.79 Å². The third-order valence-corrected chi connectivity index (χ3v) is 3.42. The van der Waals surface area contributed by atoms with Crippen molar-refractivity contribution in [3.8, 4) is 0 Å². The minimum absolute atomic E-state index is 0.241. The first kappa shape index (κ1) is 14.3. The van der Waals surface area contributed by atoms with Crippen LogP contribution in [0.2, 0.25) is 0 Å². The summed E-state index contributed by atoms with van der Waals surface area (Å²) < 4.78 is 0. The first-order valence-electron chi connectivity index (χ1n) is 6.02. The van der Waals surface area contributed by atoms with E-state index in [1.54, 1.807) is 25.7 Å². The van der Waals surface area contributed by atoms with Crippen molar-refractivity contribution >= 4 is 17.7 Å². The van der Waals surface area contributed by atoms with Crippen LogP contribution in [0.3, 0.4) is 0 Å². The monoisotopic (exact) mass is 293 g/mol. The Morgan fingerprint density at radius 3 is 2.95 bits per heavy atom. The summed E-state index contributed by atoms with van der Waals surface area (Å²) in [5.74, 6) is -0.241. The van der Waals surface area contributed by atoms with Gasteiger partial charge in [-0.15, -0.1) is 11.8 Å². The second kappa shape index (κ2) is 6.38. The first-order valence-corrected chi connectivity index (χ1v) is 7.24. The lowest BCUT2D eigenvalue weighted by molar-refractivity contribution is 0.0949. The summed E-state index contributed by atoms with van der Waals surface area (Å²) in [4.78, 5) is 36.7. The topological polar surface area (TPSA) is 104 Å². The first-order chi connectivity index (χ1) is 9.61. The third-order valence-electron chi connectivity index (χ3n) is 2.74. The standard InChI is InChI=1S/C12H15N5O2S/c1-7-9(11(20-2)17-12(19)16-7)10(18)14-4-3-8-5-13-6-15-8/h5-6H,3-4H2,1-2H3,(H,13,15)(H,14,18)(H,16,17,19). The number of nitrogens with one attached hydrogen (secondary N) is 3. The summed E-state index contributed by atoms with van der Waals surface area (Å²) >= 11 is 1.28. The van der Waals surface area contributed by atoms with Gasteiger partial charge in [-0.25, -0.2) is 9.78 Å². The number of H-pyrrole nitrogens is 2. The van der Waals surface area contributed by atoms with Gasteiger partial charge in [-0.1, -0.05) is 0 Å². The molecule has 0 bridgehead atoms. The number of imidazole rings is 1. The summed E-state index contributed by atoms with van der Waals surface area (Å²) in [7, 11) is 0. The molecule has 8 heteroatoms. The summed E-state index contributed by atoms with van der Waals surface area (Å²) in [6.07, 6.45) is 5.75. The maximum absolute atomic E-state index is 12.2. The Balaban J connectivity index is 2.07. The number of aryl methyl sites for hydroxylation is 1. The Bertz CT molecular complexity index is 650. The van der Waals surface area contributed by atoms with E-state index in [0.29, 0.717) is 29.2 Å². The lowest BCUT2D eigenvalue weighted by atomic mass is 10.2. The number of aromatic amines is 2. The van der Waals surface area contributed by atoms with Crippen LogP contribution < -0.4 is 11.0 Å². The van der Waals surface area contributed by atoms with Crippen LogP contribution >= 0.6 is 11.8 Å². The molecule has 2 heterocycles. The van der Waals surface area contributed by atoms with Gasteiger partial charge < -0.3 is 15.3 Å². The van der Waals surface area contributed by atoms with E-state index >= 15 is 0 Å². The SMILES string of the molecule is CSc1nc(=O)[nH]c(C)c1C(=O)NCCc1cnc[nH]1. The number of carbonyl (C=O) groups is 1. The fourth-order valence-corrected chi connectivity index (χ4v) is 2.42. The van der Waals surface area contributed by atoms with Crippen LogP contribution in [-0.4, -0.2) is 38.6 Å². The number of amides is 1. The van der Waals surface area contributed by atoms with Crippen molar-refractivity contribution in [3.05, 3.63) is 40.0 Å². The Morgan fingerprint density at radius 1 is 1.50 bits per heavy atom. The highest BCUT2D eigenvalue weighted by molar-refractivity contribution is 7.98. The predicted molar refractivity (Wildman–Crippen MR) is 76.0 cm³/mol. The average Bonchev–Trinajstić information content (AvgIpc) is 2.90. The van der Waals surface area contributed by atoms with Gasteiger partial charge in [-0.3, -0.25) is 4.79 Å². The lowest BCUT2D eigenvalue weighted by Gasteiger charge is -2.09. The smallest absolute Gasteiger partial charge is 0.346 e. The number of rotatable bonds is 5. The summed E-state index contributed by atoms with van der Waals surface area (Å²) in [6, 6.07) is 0. The van der Waals surface area contributed by atoms with Crippen molar-refractivity contribution in [1.82, 2.24) is 25.3 Å². The number of thioether (sulfide) groups is 1. The number of hydrogen-bond acceptors (Lipinski definition) is 5. The molecule has 20 heavy (non-hydrogen) atoms. The lowest BCUT2D eigenvalue weighted by Crippen LogP contribution is -2.29. The maximum atomic E-state index is 12.2. The molecule has 0 aliphatic carbocycles. The summed E-state index contributed by atoms with van der Waals surface area (Å²) in [5, 5.41) is 3.25. The van der Waals surface area contributed by atoms with Crippen LogP contribution in [0.5, 0.6) is 0 Å². The zero-order valence-corrected chi connectivity index (χ0v) is 12.0. The molecule has 0 aromatic carbocycles. The Labute approximate surface area is 119 Å². The molecule has 2 aromatic heterocycles. The molecule has 0 atom stereocenters. The van der Waals surface area contributed by atoms with Gasteiger partial charge in [0.25, 0.3) is 5.91 Å². The van der Waals surface area contributed by atoms with Gasteiger partial charge in [-0.2, -0.15) is 4.98 Å². The van der Waals surface area contributed by atoms with Gasteiger partial charge in [0.05, 0.1) is 11.9 Å². The molecule has 3 N–H and O–H groups in total. The van der Waals surface area contributed by atoms with E-state index in [0.717, 1.165) is 5.69 Å². The molecule has 0 spiro atoms. The Hall–Kier alpha value is -2.09. The molecule has 2 aromatic rings. The van der Waals surface area contributed by atoms with Crippen molar-refractivity contribution in [1.29, 1.82) is 0 Å². The zero-order valence-electron chi connectivity index (χ0n) is 11.2. The molecule has 106 valence electrons. The van der Waals surface area contributed by atoms with Crippen LogP contribution in [0.15, 0.2) is 22.3 Å².